The summed E-state index contributed by atoms with van der Waals surface area (Å²) in [5.41, 5.74) is 1.71. The maximum atomic E-state index is 6.46. The number of fused-ring (bicyclic) bond motifs is 1. The molecule has 1 aromatic heterocycles. The monoisotopic (exact) mass is 291 g/mol. The van der Waals surface area contributed by atoms with Crippen molar-refractivity contribution in [1.29, 1.82) is 0 Å². The third-order valence-corrected chi connectivity index (χ3v) is 6.75. The first-order chi connectivity index (χ1) is 9.05. The van der Waals surface area contributed by atoms with Crippen molar-refractivity contribution < 1.29 is 4.74 Å². The minimum Gasteiger partial charge on any atom is -0.352 e. The molecule has 0 saturated carbocycles. The molecule has 0 fully saturated rings. The average molecular weight is 291 g/mol. The van der Waals surface area contributed by atoms with Crippen LogP contribution >= 0.6 is 0 Å². The summed E-state index contributed by atoms with van der Waals surface area (Å²) in [4.78, 5) is 0. The van der Waals surface area contributed by atoms with Crippen LogP contribution in [-0.4, -0.2) is 28.7 Å². The Balaban J connectivity index is 2.63. The first-order valence-electron chi connectivity index (χ1n) is 7.06. The van der Waals surface area contributed by atoms with Crippen LogP contribution in [-0.2, 0) is 10.1 Å². The van der Waals surface area contributed by atoms with E-state index >= 15 is 0 Å². The molecule has 0 aliphatic rings. The third kappa shape index (κ3) is 2.65. The standard InChI is InChI=1S/C15H25N3OSi/c1-14(2,3)19-15(4,20(5,6)7)18-13-11-9-8-10-12(13)16-17-18/h8-11H,1-7H3. The van der Waals surface area contributed by atoms with Crippen LogP contribution in [0.4, 0.5) is 0 Å². The zero-order valence-corrected chi connectivity index (χ0v) is 14.6. The van der Waals surface area contributed by atoms with Crippen LogP contribution < -0.4 is 0 Å². The molecule has 2 aromatic rings. The highest BCUT2D eigenvalue weighted by molar-refractivity contribution is 6.77. The van der Waals surface area contributed by atoms with Crippen molar-refractivity contribution >= 4 is 19.1 Å². The van der Waals surface area contributed by atoms with Gasteiger partial charge in [-0.25, -0.2) is 4.68 Å². The molecule has 0 N–H and O–H groups in total. The normalized spacial score (nSPS) is 16.4. The Hall–Kier alpha value is -1.20. The lowest BCUT2D eigenvalue weighted by molar-refractivity contribution is -0.128. The van der Waals surface area contributed by atoms with E-state index in [4.69, 9.17) is 4.74 Å². The Morgan fingerprint density at radius 3 is 2.20 bits per heavy atom. The lowest BCUT2D eigenvalue weighted by Gasteiger charge is -2.44. The van der Waals surface area contributed by atoms with Crippen molar-refractivity contribution in [2.75, 3.05) is 0 Å². The molecular weight excluding hydrogens is 266 g/mol. The van der Waals surface area contributed by atoms with Gasteiger partial charge < -0.3 is 4.74 Å². The Morgan fingerprint density at radius 2 is 1.65 bits per heavy atom. The van der Waals surface area contributed by atoms with Gasteiger partial charge in [-0.2, -0.15) is 0 Å². The summed E-state index contributed by atoms with van der Waals surface area (Å²) in [6.07, 6.45) is 0. The highest BCUT2D eigenvalue weighted by Gasteiger charge is 2.46. The molecule has 0 spiro atoms. The number of benzene rings is 1. The number of aromatic nitrogens is 3. The Morgan fingerprint density at radius 1 is 1.05 bits per heavy atom. The van der Waals surface area contributed by atoms with Crippen molar-refractivity contribution in [3.8, 4) is 0 Å². The molecule has 0 aliphatic heterocycles. The number of nitrogens with zero attached hydrogens (tertiary/aromatic N) is 3. The fourth-order valence-corrected chi connectivity index (χ4v) is 3.71. The number of hydrogen-bond donors (Lipinski definition) is 0. The zero-order valence-electron chi connectivity index (χ0n) is 13.6. The van der Waals surface area contributed by atoms with E-state index in [9.17, 15) is 0 Å². The van der Waals surface area contributed by atoms with E-state index < -0.39 is 13.4 Å². The highest BCUT2D eigenvalue weighted by Crippen LogP contribution is 2.35. The molecule has 0 amide bonds. The number of ether oxygens (including phenoxy) is 1. The summed E-state index contributed by atoms with van der Waals surface area (Å²) in [5.74, 6) is 0. The summed E-state index contributed by atoms with van der Waals surface area (Å²) in [6.45, 7) is 15.3. The predicted octanol–water partition coefficient (Wildman–Crippen LogP) is 3.80. The highest BCUT2D eigenvalue weighted by atomic mass is 28.3. The van der Waals surface area contributed by atoms with Gasteiger partial charge >= 0.3 is 0 Å². The second kappa shape index (κ2) is 4.67. The minimum atomic E-state index is -1.70. The van der Waals surface area contributed by atoms with Gasteiger partial charge in [-0.1, -0.05) is 37.0 Å². The minimum absolute atomic E-state index is 0.234. The fourth-order valence-electron chi connectivity index (χ4n) is 2.29. The molecule has 0 radical (unpaired) electrons. The van der Waals surface area contributed by atoms with Crippen LogP contribution in [0.1, 0.15) is 27.7 Å². The fraction of sp³-hybridized carbons (Fsp3) is 0.600. The molecule has 5 heteroatoms. The third-order valence-electron chi connectivity index (χ3n) is 3.65. The van der Waals surface area contributed by atoms with Gasteiger partial charge in [0.05, 0.1) is 11.1 Å². The summed E-state index contributed by atoms with van der Waals surface area (Å²) >= 11 is 0. The number of hydrogen-bond acceptors (Lipinski definition) is 3. The van der Waals surface area contributed by atoms with Crippen LogP contribution in [0.5, 0.6) is 0 Å². The van der Waals surface area contributed by atoms with E-state index in [2.05, 4.69) is 63.7 Å². The molecular formula is C15H25N3OSi. The molecule has 2 rings (SSSR count). The quantitative estimate of drug-likeness (QED) is 0.808. The van der Waals surface area contributed by atoms with E-state index in [1.165, 1.54) is 0 Å². The Bertz CT molecular complexity index is 609. The first kappa shape index (κ1) is 15.2. The SMILES string of the molecule is CC(C)(C)OC(C)(n1nnc2ccccc21)[Si](C)(C)C. The molecule has 0 aliphatic carbocycles. The van der Waals surface area contributed by atoms with Crippen molar-refractivity contribution in [1.82, 2.24) is 15.0 Å². The topological polar surface area (TPSA) is 39.9 Å². The second-order valence-corrected chi connectivity index (χ2v) is 12.9. The summed E-state index contributed by atoms with van der Waals surface area (Å²) in [5, 5.41) is 8.23. The van der Waals surface area contributed by atoms with E-state index in [1.807, 2.05) is 22.9 Å². The molecule has 0 saturated heterocycles. The molecule has 4 nitrogen and oxygen atoms in total. The van der Waals surface area contributed by atoms with Crippen LogP contribution in [0.2, 0.25) is 19.6 Å². The second-order valence-electron chi connectivity index (χ2n) is 7.44. The van der Waals surface area contributed by atoms with Crippen molar-refractivity contribution in [2.24, 2.45) is 0 Å². The van der Waals surface area contributed by atoms with Crippen molar-refractivity contribution in [3.05, 3.63) is 24.3 Å². The Kier molecular flexibility index (Phi) is 3.55. The smallest absolute Gasteiger partial charge is 0.145 e. The molecule has 0 bridgehead atoms. The van der Waals surface area contributed by atoms with Crippen LogP contribution in [0, 0.1) is 0 Å². The lowest BCUT2D eigenvalue weighted by Crippen LogP contribution is -2.57. The Labute approximate surface area is 122 Å². The maximum absolute atomic E-state index is 6.46. The van der Waals surface area contributed by atoms with Gasteiger partial charge in [0.25, 0.3) is 0 Å². The van der Waals surface area contributed by atoms with E-state index in [-0.39, 0.29) is 5.60 Å². The molecule has 1 aromatic carbocycles. The van der Waals surface area contributed by atoms with Gasteiger partial charge in [-0.15, -0.1) is 5.10 Å². The molecule has 20 heavy (non-hydrogen) atoms. The molecule has 1 unspecified atom stereocenters. The number of para-hydroxylation sites is 1. The summed E-state index contributed by atoms with van der Waals surface area (Å²) in [6, 6.07) is 8.04. The van der Waals surface area contributed by atoms with Gasteiger partial charge in [0.1, 0.15) is 18.9 Å². The van der Waals surface area contributed by atoms with Gasteiger partial charge in [0.2, 0.25) is 0 Å². The van der Waals surface area contributed by atoms with Crippen LogP contribution in [0.25, 0.3) is 11.0 Å². The van der Waals surface area contributed by atoms with Crippen LogP contribution in [0.15, 0.2) is 24.3 Å². The lowest BCUT2D eigenvalue weighted by atomic mass is 10.2. The zero-order chi connectivity index (χ0) is 15.2. The largest absolute Gasteiger partial charge is 0.352 e. The van der Waals surface area contributed by atoms with Crippen molar-refractivity contribution in [2.45, 2.75) is 58.3 Å². The molecule has 110 valence electrons. The maximum Gasteiger partial charge on any atom is 0.145 e. The van der Waals surface area contributed by atoms with E-state index in [0.29, 0.717) is 0 Å². The first-order valence-corrected chi connectivity index (χ1v) is 10.6. The average Bonchev–Trinajstić information content (AvgIpc) is 2.68. The van der Waals surface area contributed by atoms with Crippen LogP contribution in [0.3, 0.4) is 0 Å². The van der Waals surface area contributed by atoms with Gasteiger partial charge in [-0.05, 0) is 39.8 Å². The van der Waals surface area contributed by atoms with Gasteiger partial charge in [0.15, 0.2) is 0 Å². The molecule has 1 atom stereocenters. The van der Waals surface area contributed by atoms with Gasteiger partial charge in [0, 0.05) is 0 Å². The van der Waals surface area contributed by atoms with E-state index in [1.54, 1.807) is 0 Å². The van der Waals surface area contributed by atoms with E-state index in [0.717, 1.165) is 11.0 Å². The van der Waals surface area contributed by atoms with Gasteiger partial charge in [-0.3, -0.25) is 0 Å². The summed E-state index contributed by atoms with van der Waals surface area (Å²) < 4.78 is 8.44. The van der Waals surface area contributed by atoms with Crippen molar-refractivity contribution in [3.63, 3.8) is 0 Å². The summed E-state index contributed by atoms with van der Waals surface area (Å²) in [7, 11) is -1.70. The predicted molar refractivity (Wildman–Crippen MR) is 85.4 cm³/mol. The molecule has 1 heterocycles. The number of rotatable bonds is 3.